The van der Waals surface area contributed by atoms with Gasteiger partial charge in [-0.2, -0.15) is 5.10 Å². The first-order valence-electron chi connectivity index (χ1n) is 6.25. The van der Waals surface area contributed by atoms with Gasteiger partial charge >= 0.3 is 5.97 Å². The molecule has 19 heavy (non-hydrogen) atoms. The number of likely N-dealkylation sites (N-methyl/N-ethyl adjacent to an activating group) is 1. The molecule has 1 aliphatic rings. The first-order valence-corrected chi connectivity index (χ1v) is 6.25. The summed E-state index contributed by atoms with van der Waals surface area (Å²) >= 11 is 0. The zero-order valence-corrected chi connectivity index (χ0v) is 11.2. The number of nitrogens with two attached hydrogens (primary N) is 1. The second-order valence-electron chi connectivity index (χ2n) is 4.61. The number of hydrogen-bond donors (Lipinski definition) is 1. The van der Waals surface area contributed by atoms with Gasteiger partial charge in [0.25, 0.3) is 0 Å². The van der Waals surface area contributed by atoms with Crippen molar-refractivity contribution >= 4 is 11.9 Å². The van der Waals surface area contributed by atoms with Crippen molar-refractivity contribution in [2.75, 3.05) is 20.2 Å². The summed E-state index contributed by atoms with van der Waals surface area (Å²) in [7, 11) is 1.98. The molecule has 7 nitrogen and oxygen atoms in total. The van der Waals surface area contributed by atoms with Crippen LogP contribution in [-0.2, 0) is 29.0 Å². The van der Waals surface area contributed by atoms with E-state index in [1.165, 1.54) is 4.68 Å². The number of carbonyl (C=O) groups excluding carboxylic acids is 2. The van der Waals surface area contributed by atoms with Crippen LogP contribution in [0.25, 0.3) is 0 Å². The molecule has 0 aliphatic carbocycles. The van der Waals surface area contributed by atoms with E-state index in [4.69, 9.17) is 10.5 Å². The van der Waals surface area contributed by atoms with Crippen molar-refractivity contribution in [3.05, 3.63) is 17.0 Å². The molecule has 1 aliphatic heterocycles. The highest BCUT2D eigenvalue weighted by Gasteiger charge is 2.27. The van der Waals surface area contributed by atoms with E-state index in [1.807, 2.05) is 7.05 Å². The molecule has 7 heteroatoms. The Morgan fingerprint density at radius 1 is 1.47 bits per heavy atom. The Balaban J connectivity index is 2.40. The van der Waals surface area contributed by atoms with E-state index < -0.39 is 11.9 Å². The Kier molecular flexibility index (Phi) is 3.84. The smallest absolute Gasteiger partial charge is 0.359 e. The highest BCUT2D eigenvalue weighted by Crippen LogP contribution is 2.22. The van der Waals surface area contributed by atoms with Crippen molar-refractivity contribution < 1.29 is 14.3 Å². The zero-order chi connectivity index (χ0) is 14.0. The molecule has 0 radical (unpaired) electrons. The quantitative estimate of drug-likeness (QED) is 0.744. The van der Waals surface area contributed by atoms with Crippen molar-refractivity contribution in [3.8, 4) is 0 Å². The summed E-state index contributed by atoms with van der Waals surface area (Å²) in [5.41, 5.74) is 7.24. The molecule has 0 atom stereocenters. The molecule has 0 saturated carbocycles. The lowest BCUT2D eigenvalue weighted by Gasteiger charge is -2.23. The number of amides is 1. The second-order valence-corrected chi connectivity index (χ2v) is 4.61. The minimum Gasteiger partial charge on any atom is -0.461 e. The number of rotatable bonds is 4. The maximum atomic E-state index is 11.9. The average molecular weight is 266 g/mol. The molecule has 0 aromatic carbocycles. The number of esters is 1. The third kappa shape index (κ3) is 2.76. The highest BCUT2D eigenvalue weighted by molar-refractivity contribution is 5.89. The maximum absolute atomic E-state index is 11.9. The first-order chi connectivity index (χ1) is 9.02. The van der Waals surface area contributed by atoms with Crippen LogP contribution in [0.5, 0.6) is 0 Å². The number of ether oxygens (including phenoxy) is 1. The maximum Gasteiger partial charge on any atom is 0.359 e. The Hall–Kier alpha value is -1.89. The lowest BCUT2D eigenvalue weighted by Crippen LogP contribution is -2.29. The molecule has 2 rings (SSSR count). The third-order valence-electron chi connectivity index (χ3n) is 3.10. The van der Waals surface area contributed by atoms with Gasteiger partial charge in [-0.3, -0.25) is 9.48 Å². The van der Waals surface area contributed by atoms with Crippen LogP contribution in [-0.4, -0.2) is 46.8 Å². The number of nitrogens with zero attached hydrogens (tertiary/aromatic N) is 3. The van der Waals surface area contributed by atoms with Crippen LogP contribution >= 0.6 is 0 Å². The molecule has 1 aromatic rings. The number of fused-ring (bicyclic) bond motifs is 1. The SMILES string of the molecule is CCOC(=O)c1nn(CC(N)=O)c2c1CN(C)CC2. The van der Waals surface area contributed by atoms with E-state index in [2.05, 4.69) is 10.00 Å². The fraction of sp³-hybridized carbons (Fsp3) is 0.583. The lowest BCUT2D eigenvalue weighted by atomic mass is 10.1. The van der Waals surface area contributed by atoms with Gasteiger partial charge < -0.3 is 15.4 Å². The Morgan fingerprint density at radius 2 is 2.21 bits per heavy atom. The summed E-state index contributed by atoms with van der Waals surface area (Å²) in [6.07, 6.45) is 0.742. The van der Waals surface area contributed by atoms with E-state index in [1.54, 1.807) is 6.92 Å². The van der Waals surface area contributed by atoms with Gasteiger partial charge in [0.1, 0.15) is 6.54 Å². The fourth-order valence-corrected chi connectivity index (χ4v) is 2.27. The third-order valence-corrected chi connectivity index (χ3v) is 3.10. The Labute approximate surface area is 111 Å². The molecule has 0 fully saturated rings. The van der Waals surface area contributed by atoms with Crippen LogP contribution in [0, 0.1) is 0 Å². The molecule has 1 amide bonds. The van der Waals surface area contributed by atoms with Crippen molar-refractivity contribution in [2.24, 2.45) is 5.73 Å². The minimum atomic E-state index is -0.473. The molecular weight excluding hydrogens is 248 g/mol. The minimum absolute atomic E-state index is 0.00848. The van der Waals surface area contributed by atoms with Gasteiger partial charge in [0.2, 0.25) is 5.91 Å². The van der Waals surface area contributed by atoms with E-state index in [9.17, 15) is 9.59 Å². The molecule has 0 spiro atoms. The van der Waals surface area contributed by atoms with Crippen molar-refractivity contribution in [3.63, 3.8) is 0 Å². The number of aromatic nitrogens is 2. The van der Waals surface area contributed by atoms with E-state index in [0.29, 0.717) is 18.8 Å². The van der Waals surface area contributed by atoms with Gasteiger partial charge in [0, 0.05) is 30.8 Å². The van der Waals surface area contributed by atoms with Gasteiger partial charge in [-0.1, -0.05) is 0 Å². The summed E-state index contributed by atoms with van der Waals surface area (Å²) in [6, 6.07) is 0. The van der Waals surface area contributed by atoms with Crippen molar-refractivity contribution in [2.45, 2.75) is 26.4 Å². The molecule has 1 aromatic heterocycles. The van der Waals surface area contributed by atoms with Gasteiger partial charge in [0.05, 0.1) is 6.61 Å². The molecule has 0 unspecified atom stereocenters. The number of carbonyl (C=O) groups is 2. The Bertz CT molecular complexity index is 509. The summed E-state index contributed by atoms with van der Waals surface area (Å²) in [5, 5.41) is 4.20. The molecule has 2 heterocycles. The number of hydrogen-bond acceptors (Lipinski definition) is 5. The predicted octanol–water partition coefficient (Wildman–Crippen LogP) is -0.467. The standard InChI is InChI=1S/C12H18N4O3/c1-3-19-12(18)11-8-6-15(2)5-4-9(8)16(14-11)7-10(13)17/h3-7H2,1-2H3,(H2,13,17). The largest absolute Gasteiger partial charge is 0.461 e. The summed E-state index contributed by atoms with van der Waals surface area (Å²) < 4.78 is 6.52. The zero-order valence-electron chi connectivity index (χ0n) is 11.2. The van der Waals surface area contributed by atoms with Crippen LogP contribution in [0.15, 0.2) is 0 Å². The van der Waals surface area contributed by atoms with Crippen molar-refractivity contribution in [1.82, 2.24) is 14.7 Å². The van der Waals surface area contributed by atoms with Crippen LogP contribution in [0.4, 0.5) is 0 Å². The van der Waals surface area contributed by atoms with Gasteiger partial charge in [-0.15, -0.1) is 0 Å². The summed E-state index contributed by atoms with van der Waals surface area (Å²) in [4.78, 5) is 25.0. The fourth-order valence-electron chi connectivity index (χ4n) is 2.27. The molecule has 0 bridgehead atoms. The first kappa shape index (κ1) is 13.5. The molecule has 104 valence electrons. The highest BCUT2D eigenvalue weighted by atomic mass is 16.5. The molecular formula is C12H18N4O3. The van der Waals surface area contributed by atoms with E-state index in [-0.39, 0.29) is 6.54 Å². The van der Waals surface area contributed by atoms with Gasteiger partial charge in [-0.05, 0) is 14.0 Å². The lowest BCUT2D eigenvalue weighted by molar-refractivity contribution is -0.118. The predicted molar refractivity (Wildman–Crippen MR) is 67.4 cm³/mol. The van der Waals surface area contributed by atoms with Crippen LogP contribution < -0.4 is 5.73 Å². The van der Waals surface area contributed by atoms with E-state index in [0.717, 1.165) is 24.2 Å². The topological polar surface area (TPSA) is 90.5 Å². The normalized spacial score (nSPS) is 15.1. The van der Waals surface area contributed by atoms with Crippen molar-refractivity contribution in [1.29, 1.82) is 0 Å². The average Bonchev–Trinajstić information content (AvgIpc) is 2.67. The number of primary amides is 1. The summed E-state index contributed by atoms with van der Waals surface area (Å²) in [6.45, 7) is 3.52. The van der Waals surface area contributed by atoms with Gasteiger partial charge in [-0.25, -0.2) is 4.79 Å². The monoisotopic (exact) mass is 266 g/mol. The summed E-state index contributed by atoms with van der Waals surface area (Å²) in [5.74, 6) is -0.920. The molecule has 0 saturated heterocycles. The Morgan fingerprint density at radius 3 is 2.84 bits per heavy atom. The second kappa shape index (κ2) is 5.40. The van der Waals surface area contributed by atoms with Crippen LogP contribution in [0.2, 0.25) is 0 Å². The van der Waals surface area contributed by atoms with E-state index >= 15 is 0 Å². The van der Waals surface area contributed by atoms with Crippen LogP contribution in [0.1, 0.15) is 28.7 Å². The molecule has 2 N–H and O–H groups in total. The van der Waals surface area contributed by atoms with Crippen LogP contribution in [0.3, 0.4) is 0 Å². The van der Waals surface area contributed by atoms with Gasteiger partial charge in [0.15, 0.2) is 5.69 Å².